The van der Waals surface area contributed by atoms with Crippen molar-refractivity contribution in [3.8, 4) is 0 Å². The number of aliphatic carboxylic acids is 1. The molecule has 0 fully saturated rings. The Morgan fingerprint density at radius 1 is 1.33 bits per heavy atom. The smallest absolute Gasteiger partial charge is 0.319 e. The number of benzene rings is 1. The molecule has 0 saturated carbocycles. The predicted octanol–water partition coefficient (Wildman–Crippen LogP) is 1.52. The second-order valence-electron chi connectivity index (χ2n) is 5.18. The monoisotopic (exact) mass is 332 g/mol. The topological polar surface area (TPSA) is 138 Å². The Hall–Kier alpha value is -3.23. The van der Waals surface area contributed by atoms with Crippen molar-refractivity contribution in [2.24, 2.45) is 0 Å². The third-order valence-corrected chi connectivity index (χ3v) is 3.41. The molecule has 3 N–H and O–H groups in total. The molecule has 0 aliphatic carbocycles. The maximum atomic E-state index is 12.2. The fourth-order valence-electron chi connectivity index (χ4n) is 2.26. The molecule has 0 saturated heterocycles. The number of H-pyrrole nitrogens is 1. The maximum absolute atomic E-state index is 12.2. The summed E-state index contributed by atoms with van der Waals surface area (Å²) in [5, 5.41) is 28.2. The Morgan fingerprint density at radius 2 is 2.04 bits per heavy atom. The zero-order chi connectivity index (χ0) is 17.5. The zero-order valence-corrected chi connectivity index (χ0v) is 12.6. The van der Waals surface area contributed by atoms with Gasteiger partial charge in [-0.25, -0.2) is 0 Å². The highest BCUT2D eigenvalue weighted by Crippen LogP contribution is 2.15. The number of hydrogen-bond acceptors (Lipinski definition) is 5. The van der Waals surface area contributed by atoms with Gasteiger partial charge in [-0.3, -0.25) is 24.8 Å². The van der Waals surface area contributed by atoms with Gasteiger partial charge in [-0.15, -0.1) is 0 Å². The summed E-state index contributed by atoms with van der Waals surface area (Å²) in [7, 11) is 0. The number of carbonyl (C=O) groups is 2. The number of carboxylic acid groups (broad SMARTS) is 1. The Balaban J connectivity index is 2.11. The highest BCUT2D eigenvalue weighted by Gasteiger charge is 2.25. The van der Waals surface area contributed by atoms with E-state index >= 15 is 0 Å². The lowest BCUT2D eigenvalue weighted by Crippen LogP contribution is -2.37. The maximum Gasteiger partial charge on any atom is 0.319 e. The average Bonchev–Trinajstić information content (AvgIpc) is 3.03. The van der Waals surface area contributed by atoms with Crippen LogP contribution in [0, 0.1) is 10.1 Å². The van der Waals surface area contributed by atoms with Crippen molar-refractivity contribution in [1.82, 2.24) is 15.5 Å². The van der Waals surface area contributed by atoms with Crippen LogP contribution in [-0.4, -0.2) is 38.1 Å². The average molecular weight is 332 g/mol. The van der Waals surface area contributed by atoms with E-state index in [0.29, 0.717) is 6.42 Å². The first-order valence-corrected chi connectivity index (χ1v) is 7.21. The number of aromatic amines is 1. The minimum atomic E-state index is -0.977. The van der Waals surface area contributed by atoms with E-state index in [0.717, 1.165) is 11.8 Å². The molecule has 1 aromatic heterocycles. The van der Waals surface area contributed by atoms with Crippen molar-refractivity contribution >= 4 is 17.6 Å². The van der Waals surface area contributed by atoms with Crippen molar-refractivity contribution < 1.29 is 19.6 Å². The van der Waals surface area contributed by atoms with Gasteiger partial charge in [0.2, 0.25) is 5.69 Å². The fraction of sp³-hybridized carbons (Fsp3) is 0.267. The van der Waals surface area contributed by atoms with E-state index in [1.807, 2.05) is 30.3 Å². The van der Waals surface area contributed by atoms with E-state index in [1.54, 1.807) is 0 Å². The zero-order valence-electron chi connectivity index (χ0n) is 12.6. The molecule has 1 amide bonds. The van der Waals surface area contributed by atoms with E-state index in [1.165, 1.54) is 0 Å². The predicted molar refractivity (Wildman–Crippen MR) is 83.5 cm³/mol. The number of hydrogen-bond donors (Lipinski definition) is 3. The Kier molecular flexibility index (Phi) is 5.61. The summed E-state index contributed by atoms with van der Waals surface area (Å²) in [4.78, 5) is 33.2. The molecule has 0 bridgehead atoms. The third kappa shape index (κ3) is 4.63. The molecule has 126 valence electrons. The van der Waals surface area contributed by atoms with Crippen LogP contribution in [0.3, 0.4) is 0 Å². The molecule has 1 heterocycles. The Morgan fingerprint density at radius 3 is 2.67 bits per heavy atom. The van der Waals surface area contributed by atoms with Gasteiger partial charge in [0.25, 0.3) is 5.91 Å². The highest BCUT2D eigenvalue weighted by atomic mass is 16.6. The van der Waals surface area contributed by atoms with Gasteiger partial charge in [-0.1, -0.05) is 30.3 Å². The molecule has 0 aliphatic rings. The molecule has 1 atom stereocenters. The normalized spacial score (nSPS) is 11.7. The molecule has 1 unspecified atom stereocenters. The minimum Gasteiger partial charge on any atom is -0.481 e. The molecule has 9 nitrogen and oxygen atoms in total. The largest absolute Gasteiger partial charge is 0.481 e. The lowest BCUT2D eigenvalue weighted by molar-refractivity contribution is -0.385. The second-order valence-corrected chi connectivity index (χ2v) is 5.18. The molecule has 9 heteroatoms. The van der Waals surface area contributed by atoms with Gasteiger partial charge in [-0.2, -0.15) is 5.10 Å². The first kappa shape index (κ1) is 17.1. The molecular weight excluding hydrogens is 316 g/mol. The van der Waals surface area contributed by atoms with Gasteiger partial charge < -0.3 is 10.4 Å². The van der Waals surface area contributed by atoms with Crippen LogP contribution in [0.2, 0.25) is 0 Å². The van der Waals surface area contributed by atoms with Crippen LogP contribution in [0.25, 0.3) is 0 Å². The first-order valence-electron chi connectivity index (χ1n) is 7.21. The van der Waals surface area contributed by atoms with E-state index in [9.17, 15) is 19.7 Å². The number of rotatable bonds is 8. The fourth-order valence-corrected chi connectivity index (χ4v) is 2.26. The van der Waals surface area contributed by atoms with Crippen molar-refractivity contribution in [2.45, 2.75) is 25.3 Å². The summed E-state index contributed by atoms with van der Waals surface area (Å²) in [6.45, 7) is 0. The van der Waals surface area contributed by atoms with Gasteiger partial charge in [0.15, 0.2) is 0 Å². The van der Waals surface area contributed by atoms with Crippen molar-refractivity contribution in [3.63, 3.8) is 0 Å². The van der Waals surface area contributed by atoms with Crippen molar-refractivity contribution in [1.29, 1.82) is 0 Å². The van der Waals surface area contributed by atoms with Gasteiger partial charge >= 0.3 is 11.7 Å². The van der Waals surface area contributed by atoms with E-state index in [2.05, 4.69) is 15.5 Å². The van der Waals surface area contributed by atoms with Gasteiger partial charge in [0, 0.05) is 12.5 Å². The minimum absolute atomic E-state index is 0.122. The number of amides is 1. The summed E-state index contributed by atoms with van der Waals surface area (Å²) in [6, 6.07) is 8.77. The van der Waals surface area contributed by atoms with Gasteiger partial charge in [-0.05, 0) is 18.4 Å². The SMILES string of the molecule is O=C(O)CCC(Cc1ccccc1)NC(=O)c1[nH]ncc1[N+](=O)[O-]. The summed E-state index contributed by atoms with van der Waals surface area (Å²) >= 11 is 0. The van der Waals surface area contributed by atoms with Crippen LogP contribution in [-0.2, 0) is 11.2 Å². The summed E-state index contributed by atoms with van der Waals surface area (Å²) in [5.41, 5.74) is 0.241. The standard InChI is InChI=1S/C15H16N4O5/c20-13(21)7-6-11(8-10-4-2-1-3-5-10)17-15(22)14-12(19(23)24)9-16-18-14/h1-5,9,11H,6-8H2,(H,16,18)(H,17,22)(H,20,21). The number of nitro groups is 1. The van der Waals surface area contributed by atoms with E-state index in [4.69, 9.17) is 5.11 Å². The number of carbonyl (C=O) groups excluding carboxylic acids is 1. The van der Waals surface area contributed by atoms with Gasteiger partial charge in [0.1, 0.15) is 6.20 Å². The lowest BCUT2D eigenvalue weighted by Gasteiger charge is -2.17. The van der Waals surface area contributed by atoms with Crippen LogP contribution in [0.1, 0.15) is 28.9 Å². The number of nitrogens with zero attached hydrogens (tertiary/aromatic N) is 2. The van der Waals surface area contributed by atoms with E-state index < -0.39 is 28.5 Å². The van der Waals surface area contributed by atoms with Crippen LogP contribution >= 0.6 is 0 Å². The second kappa shape index (κ2) is 7.86. The number of aromatic nitrogens is 2. The molecule has 0 aliphatic heterocycles. The molecule has 0 spiro atoms. The molecular formula is C15H16N4O5. The molecule has 1 aromatic carbocycles. The van der Waals surface area contributed by atoms with E-state index in [-0.39, 0.29) is 18.5 Å². The highest BCUT2D eigenvalue weighted by molar-refractivity contribution is 5.96. The van der Waals surface area contributed by atoms with Crippen molar-refractivity contribution in [2.75, 3.05) is 0 Å². The molecule has 24 heavy (non-hydrogen) atoms. The number of carboxylic acids is 1. The van der Waals surface area contributed by atoms with Gasteiger partial charge in [0.05, 0.1) is 4.92 Å². The number of nitrogens with one attached hydrogen (secondary N) is 2. The van der Waals surface area contributed by atoms with Crippen LogP contribution < -0.4 is 5.32 Å². The third-order valence-electron chi connectivity index (χ3n) is 3.41. The Bertz CT molecular complexity index is 728. The molecule has 2 aromatic rings. The van der Waals surface area contributed by atoms with Crippen molar-refractivity contribution in [3.05, 3.63) is 57.9 Å². The molecule has 0 radical (unpaired) electrons. The lowest BCUT2D eigenvalue weighted by atomic mass is 10.0. The van der Waals surface area contributed by atoms with Crippen LogP contribution in [0.15, 0.2) is 36.5 Å². The Labute approximate surface area is 136 Å². The summed E-state index contributed by atoms with van der Waals surface area (Å²) in [5.74, 6) is -1.67. The summed E-state index contributed by atoms with van der Waals surface area (Å²) < 4.78 is 0. The van der Waals surface area contributed by atoms with Crippen LogP contribution in [0.5, 0.6) is 0 Å². The summed E-state index contributed by atoms with van der Waals surface area (Å²) in [6.07, 6.45) is 1.46. The quantitative estimate of drug-likeness (QED) is 0.495. The van der Waals surface area contributed by atoms with Crippen LogP contribution in [0.4, 0.5) is 5.69 Å². The first-order chi connectivity index (χ1) is 11.5. The molecule has 2 rings (SSSR count).